The summed E-state index contributed by atoms with van der Waals surface area (Å²) in [6, 6.07) is 0. The van der Waals surface area contributed by atoms with Crippen molar-refractivity contribution in [3.63, 3.8) is 0 Å². The van der Waals surface area contributed by atoms with Crippen molar-refractivity contribution in [2.45, 2.75) is 99.3 Å². The molecule has 0 aliphatic carbocycles. The van der Waals surface area contributed by atoms with Gasteiger partial charge in [0.1, 0.15) is 0 Å². The standard InChI is InChI=1S/3C5H11N.3C4H11N/c3*1-2-4-6-5-3-1;3*1-3-5-4-2/h3*6H,1-5H2;3*5H,3-4H2,1-2H3. The van der Waals surface area contributed by atoms with Crippen LogP contribution in [0.15, 0.2) is 0 Å². The van der Waals surface area contributed by atoms with E-state index in [1.807, 2.05) is 0 Å². The van der Waals surface area contributed by atoms with Crippen LogP contribution in [0, 0.1) is 0 Å². The van der Waals surface area contributed by atoms with Gasteiger partial charge in [0.2, 0.25) is 0 Å². The molecule has 3 fully saturated rings. The van der Waals surface area contributed by atoms with Crippen molar-refractivity contribution in [1.82, 2.24) is 31.9 Å². The Morgan fingerprint density at radius 2 is 0.515 bits per heavy atom. The molecule has 0 aromatic carbocycles. The smallest absolute Gasteiger partial charge is 0.00489 e. The van der Waals surface area contributed by atoms with Crippen molar-refractivity contribution in [1.29, 1.82) is 0 Å². The van der Waals surface area contributed by atoms with Gasteiger partial charge in [-0.3, -0.25) is 0 Å². The number of hydrogen-bond acceptors (Lipinski definition) is 6. The Balaban J connectivity index is -0.000000329. The van der Waals surface area contributed by atoms with Crippen LogP contribution in [0.25, 0.3) is 0 Å². The molecule has 3 aliphatic heterocycles. The lowest BCUT2D eigenvalue weighted by Crippen LogP contribution is -2.21. The molecule has 0 amide bonds. The third kappa shape index (κ3) is 49.8. The lowest BCUT2D eigenvalue weighted by Gasteiger charge is -2.08. The van der Waals surface area contributed by atoms with Crippen LogP contribution in [-0.2, 0) is 0 Å². The summed E-state index contributed by atoms with van der Waals surface area (Å²) in [5.74, 6) is 0. The monoisotopic (exact) mass is 475 g/mol. The van der Waals surface area contributed by atoms with E-state index < -0.39 is 0 Å². The van der Waals surface area contributed by atoms with Crippen LogP contribution in [0.3, 0.4) is 0 Å². The van der Waals surface area contributed by atoms with Crippen molar-refractivity contribution in [3.05, 3.63) is 0 Å². The van der Waals surface area contributed by atoms with Crippen LogP contribution in [0.1, 0.15) is 99.3 Å². The van der Waals surface area contributed by atoms with Crippen molar-refractivity contribution >= 4 is 0 Å². The second-order valence-corrected chi connectivity index (χ2v) is 8.30. The summed E-state index contributed by atoms with van der Waals surface area (Å²) < 4.78 is 0. The quantitative estimate of drug-likeness (QED) is 0.348. The zero-order chi connectivity index (χ0) is 25.1. The third-order valence-electron chi connectivity index (χ3n) is 5.12. The summed E-state index contributed by atoms with van der Waals surface area (Å²) in [6.45, 7) is 26.7. The molecule has 0 radical (unpaired) electrons. The van der Waals surface area contributed by atoms with E-state index in [0.717, 1.165) is 39.3 Å². The molecule has 0 bridgehead atoms. The summed E-state index contributed by atoms with van der Waals surface area (Å²) in [6.07, 6.45) is 12.6. The SMILES string of the molecule is C1CCNCC1.C1CCNCC1.C1CCNCC1.CCNCC.CCNCC.CCNCC. The first-order valence-corrected chi connectivity index (χ1v) is 14.5. The van der Waals surface area contributed by atoms with Gasteiger partial charge in [0.25, 0.3) is 0 Å². The largest absolute Gasteiger partial charge is 0.317 e. The average molecular weight is 475 g/mol. The van der Waals surface area contributed by atoms with E-state index in [9.17, 15) is 0 Å². The van der Waals surface area contributed by atoms with Crippen LogP contribution in [-0.4, -0.2) is 78.5 Å². The molecule has 3 aliphatic rings. The van der Waals surface area contributed by atoms with E-state index in [-0.39, 0.29) is 0 Å². The zero-order valence-electron chi connectivity index (χ0n) is 23.8. The van der Waals surface area contributed by atoms with E-state index in [1.165, 1.54) is 97.1 Å². The highest BCUT2D eigenvalue weighted by Crippen LogP contribution is 1.97. The van der Waals surface area contributed by atoms with E-state index in [1.54, 1.807) is 0 Å². The first-order chi connectivity index (χ1) is 16.2. The zero-order valence-corrected chi connectivity index (χ0v) is 23.8. The molecule has 0 aromatic heterocycles. The molecule has 6 nitrogen and oxygen atoms in total. The molecule has 0 saturated carbocycles. The Hall–Kier alpha value is -0.240. The topological polar surface area (TPSA) is 72.2 Å². The molecule has 3 heterocycles. The van der Waals surface area contributed by atoms with Gasteiger partial charge in [0.15, 0.2) is 0 Å². The fraction of sp³-hybridized carbons (Fsp3) is 1.00. The van der Waals surface area contributed by atoms with Crippen molar-refractivity contribution in [2.75, 3.05) is 78.5 Å². The van der Waals surface area contributed by atoms with Gasteiger partial charge in [-0.05, 0) is 117 Å². The Morgan fingerprint density at radius 3 is 0.545 bits per heavy atom. The molecule has 0 spiro atoms. The van der Waals surface area contributed by atoms with E-state index in [2.05, 4.69) is 73.4 Å². The molecule has 3 saturated heterocycles. The fourth-order valence-corrected chi connectivity index (χ4v) is 3.16. The van der Waals surface area contributed by atoms with Gasteiger partial charge in [-0.1, -0.05) is 60.8 Å². The summed E-state index contributed by atoms with van der Waals surface area (Å²) in [5, 5.41) is 19.2. The van der Waals surface area contributed by atoms with Gasteiger partial charge >= 0.3 is 0 Å². The molecule has 6 N–H and O–H groups in total. The highest BCUT2D eigenvalue weighted by atomic mass is 14.9. The first-order valence-electron chi connectivity index (χ1n) is 14.5. The maximum atomic E-state index is 3.28. The molecule has 33 heavy (non-hydrogen) atoms. The predicted octanol–water partition coefficient (Wildman–Crippen LogP) is 4.13. The Kier molecular flexibility index (Phi) is 47.4. The van der Waals surface area contributed by atoms with Crippen LogP contribution in [0.2, 0.25) is 0 Å². The Morgan fingerprint density at radius 1 is 0.333 bits per heavy atom. The van der Waals surface area contributed by atoms with E-state index >= 15 is 0 Å². The minimum atomic E-state index is 1.09. The number of hydrogen-bond donors (Lipinski definition) is 6. The maximum Gasteiger partial charge on any atom is -0.00489 e. The lowest BCUT2D eigenvalue weighted by atomic mass is 10.2. The minimum Gasteiger partial charge on any atom is -0.317 e. The second kappa shape index (κ2) is 42.0. The molecule has 0 atom stereocenters. The highest BCUT2D eigenvalue weighted by molar-refractivity contribution is 4.56. The second-order valence-electron chi connectivity index (χ2n) is 8.30. The Labute approximate surface area is 210 Å². The van der Waals surface area contributed by atoms with Crippen molar-refractivity contribution in [2.24, 2.45) is 0 Å². The third-order valence-corrected chi connectivity index (χ3v) is 5.12. The van der Waals surface area contributed by atoms with Crippen LogP contribution < -0.4 is 31.9 Å². The van der Waals surface area contributed by atoms with Crippen LogP contribution >= 0.6 is 0 Å². The van der Waals surface area contributed by atoms with Crippen molar-refractivity contribution in [3.8, 4) is 0 Å². The van der Waals surface area contributed by atoms with Gasteiger partial charge < -0.3 is 31.9 Å². The summed E-state index contributed by atoms with van der Waals surface area (Å²) >= 11 is 0. The van der Waals surface area contributed by atoms with Gasteiger partial charge in [0, 0.05) is 0 Å². The van der Waals surface area contributed by atoms with Crippen LogP contribution in [0.4, 0.5) is 0 Å². The average Bonchev–Trinajstić information content (AvgIpc) is 2.90. The summed E-state index contributed by atoms with van der Waals surface area (Å²) in [7, 11) is 0. The minimum absolute atomic E-state index is 1.09. The highest BCUT2D eigenvalue weighted by Gasteiger charge is 1.94. The predicted molar refractivity (Wildman–Crippen MR) is 153 cm³/mol. The summed E-state index contributed by atoms with van der Waals surface area (Å²) in [5.41, 5.74) is 0. The Bertz CT molecular complexity index is 184. The van der Waals surface area contributed by atoms with Crippen molar-refractivity contribution < 1.29 is 0 Å². The molecule has 3 rings (SSSR count). The molecular weight excluding hydrogens is 408 g/mol. The molecule has 204 valence electrons. The fourth-order valence-electron chi connectivity index (χ4n) is 3.16. The molecule has 0 aromatic rings. The normalized spacial score (nSPS) is 16.9. The number of rotatable bonds is 6. The van der Waals surface area contributed by atoms with Gasteiger partial charge in [-0.25, -0.2) is 0 Å². The van der Waals surface area contributed by atoms with Gasteiger partial charge in [-0.2, -0.15) is 0 Å². The van der Waals surface area contributed by atoms with Crippen LogP contribution in [0.5, 0.6) is 0 Å². The summed E-state index contributed by atoms with van der Waals surface area (Å²) in [4.78, 5) is 0. The first kappa shape index (κ1) is 37.3. The van der Waals surface area contributed by atoms with Gasteiger partial charge in [-0.15, -0.1) is 0 Å². The number of piperidine rings is 3. The molecule has 6 heteroatoms. The number of nitrogens with one attached hydrogen (secondary N) is 6. The maximum absolute atomic E-state index is 3.28. The van der Waals surface area contributed by atoms with E-state index in [0.29, 0.717) is 0 Å². The molecule has 0 unspecified atom stereocenters. The lowest BCUT2D eigenvalue weighted by molar-refractivity contribution is 0.520. The van der Waals surface area contributed by atoms with Gasteiger partial charge in [0.05, 0.1) is 0 Å². The molecular formula is C27H66N6. The van der Waals surface area contributed by atoms with E-state index in [4.69, 9.17) is 0 Å².